The number of nitrogen functional groups attached to an aromatic ring is 1. The van der Waals surface area contributed by atoms with Gasteiger partial charge in [-0.25, -0.2) is 4.98 Å². The van der Waals surface area contributed by atoms with E-state index in [9.17, 15) is 10.1 Å². The van der Waals surface area contributed by atoms with Crippen LogP contribution < -0.4 is 10.6 Å². The molecule has 0 saturated carbocycles. The fourth-order valence-corrected chi connectivity index (χ4v) is 1.83. The standard InChI is InChI=1S/C13H15N5O2/c1-9-4-3-5-10(15-9)8-17(2)13-7-11(18(19)20)6-12(14)16-13/h3-7H,8H2,1-2H3,(H2,14,16). The molecule has 0 bridgehead atoms. The third-order valence-corrected chi connectivity index (χ3v) is 2.76. The summed E-state index contributed by atoms with van der Waals surface area (Å²) in [5.74, 6) is 0.568. The molecule has 0 fully saturated rings. The summed E-state index contributed by atoms with van der Waals surface area (Å²) in [5, 5.41) is 10.8. The summed E-state index contributed by atoms with van der Waals surface area (Å²) in [6.45, 7) is 2.41. The molecule has 0 saturated heterocycles. The SMILES string of the molecule is Cc1cccc(CN(C)c2cc([N+](=O)[O-])cc(N)n2)n1. The zero-order valence-corrected chi connectivity index (χ0v) is 11.3. The number of pyridine rings is 2. The molecule has 20 heavy (non-hydrogen) atoms. The van der Waals surface area contributed by atoms with Crippen LogP contribution in [0.3, 0.4) is 0 Å². The molecular formula is C13H15N5O2. The first-order valence-electron chi connectivity index (χ1n) is 6.01. The molecule has 104 valence electrons. The first kappa shape index (κ1) is 13.7. The minimum atomic E-state index is -0.486. The highest BCUT2D eigenvalue weighted by molar-refractivity contribution is 5.53. The Morgan fingerprint density at radius 1 is 1.35 bits per heavy atom. The van der Waals surface area contributed by atoms with E-state index >= 15 is 0 Å². The Bertz CT molecular complexity index is 644. The molecule has 0 aliphatic rings. The number of hydrogen-bond donors (Lipinski definition) is 1. The molecule has 0 atom stereocenters. The summed E-state index contributed by atoms with van der Waals surface area (Å²) in [5.41, 5.74) is 7.30. The van der Waals surface area contributed by atoms with Gasteiger partial charge in [-0.2, -0.15) is 0 Å². The number of nitrogens with zero attached hydrogens (tertiary/aromatic N) is 4. The number of anilines is 2. The summed E-state index contributed by atoms with van der Waals surface area (Å²) in [6, 6.07) is 8.35. The Morgan fingerprint density at radius 3 is 2.75 bits per heavy atom. The molecule has 7 nitrogen and oxygen atoms in total. The predicted molar refractivity (Wildman–Crippen MR) is 76.4 cm³/mol. The van der Waals surface area contributed by atoms with E-state index in [0.717, 1.165) is 11.4 Å². The Morgan fingerprint density at radius 2 is 2.10 bits per heavy atom. The monoisotopic (exact) mass is 273 g/mol. The van der Waals surface area contributed by atoms with Crippen LogP contribution in [0.5, 0.6) is 0 Å². The van der Waals surface area contributed by atoms with Crippen molar-refractivity contribution in [2.45, 2.75) is 13.5 Å². The van der Waals surface area contributed by atoms with Gasteiger partial charge < -0.3 is 10.6 Å². The van der Waals surface area contributed by atoms with E-state index in [-0.39, 0.29) is 11.5 Å². The van der Waals surface area contributed by atoms with E-state index in [0.29, 0.717) is 12.4 Å². The van der Waals surface area contributed by atoms with Crippen LogP contribution in [0.15, 0.2) is 30.3 Å². The lowest BCUT2D eigenvalue weighted by atomic mass is 10.3. The zero-order valence-electron chi connectivity index (χ0n) is 11.3. The van der Waals surface area contributed by atoms with Crippen molar-refractivity contribution in [2.24, 2.45) is 0 Å². The van der Waals surface area contributed by atoms with E-state index in [4.69, 9.17) is 5.73 Å². The number of rotatable bonds is 4. The minimum absolute atomic E-state index is 0.0726. The number of nitrogens with two attached hydrogens (primary N) is 1. The van der Waals surface area contributed by atoms with Gasteiger partial charge in [0.1, 0.15) is 11.6 Å². The molecule has 7 heteroatoms. The normalized spacial score (nSPS) is 10.3. The third-order valence-electron chi connectivity index (χ3n) is 2.76. The summed E-state index contributed by atoms with van der Waals surface area (Å²) in [7, 11) is 1.79. The van der Waals surface area contributed by atoms with E-state index < -0.39 is 4.92 Å². The van der Waals surface area contributed by atoms with Crippen molar-refractivity contribution in [3.63, 3.8) is 0 Å². The number of aromatic nitrogens is 2. The Balaban J connectivity index is 2.25. The van der Waals surface area contributed by atoms with Gasteiger partial charge in [0.25, 0.3) is 5.69 Å². The second kappa shape index (κ2) is 5.52. The first-order chi connectivity index (χ1) is 9.45. The number of aryl methyl sites for hydroxylation is 1. The van der Waals surface area contributed by atoms with E-state index in [2.05, 4.69) is 9.97 Å². The maximum absolute atomic E-state index is 10.8. The lowest BCUT2D eigenvalue weighted by Gasteiger charge is -2.18. The van der Waals surface area contributed by atoms with Crippen molar-refractivity contribution in [1.29, 1.82) is 0 Å². The number of nitro groups is 1. The highest BCUT2D eigenvalue weighted by atomic mass is 16.6. The van der Waals surface area contributed by atoms with Gasteiger partial charge in [-0.05, 0) is 19.1 Å². The lowest BCUT2D eigenvalue weighted by Crippen LogP contribution is -2.19. The van der Waals surface area contributed by atoms with Crippen LogP contribution >= 0.6 is 0 Å². The highest BCUT2D eigenvalue weighted by Gasteiger charge is 2.13. The van der Waals surface area contributed by atoms with Gasteiger partial charge in [0, 0.05) is 12.7 Å². The summed E-state index contributed by atoms with van der Waals surface area (Å²) in [4.78, 5) is 20.6. The van der Waals surface area contributed by atoms with Crippen molar-refractivity contribution >= 4 is 17.3 Å². The summed E-state index contributed by atoms with van der Waals surface area (Å²) in [6.07, 6.45) is 0. The van der Waals surface area contributed by atoms with Crippen molar-refractivity contribution in [1.82, 2.24) is 9.97 Å². The van der Waals surface area contributed by atoms with Crippen molar-refractivity contribution < 1.29 is 4.92 Å². The molecule has 0 amide bonds. The largest absolute Gasteiger partial charge is 0.383 e. The fraction of sp³-hybridized carbons (Fsp3) is 0.231. The van der Waals surface area contributed by atoms with Crippen LogP contribution in [-0.4, -0.2) is 21.9 Å². The fourth-order valence-electron chi connectivity index (χ4n) is 1.83. The molecule has 2 heterocycles. The summed E-state index contributed by atoms with van der Waals surface area (Å²) >= 11 is 0. The van der Waals surface area contributed by atoms with Crippen LogP contribution in [0.25, 0.3) is 0 Å². The Labute approximate surface area is 116 Å². The maximum Gasteiger partial charge on any atom is 0.276 e. The molecule has 2 N–H and O–H groups in total. The molecule has 0 aliphatic heterocycles. The van der Waals surface area contributed by atoms with Crippen LogP contribution in [0.1, 0.15) is 11.4 Å². The third kappa shape index (κ3) is 3.19. The van der Waals surface area contributed by atoms with Crippen LogP contribution in [0.2, 0.25) is 0 Å². The van der Waals surface area contributed by atoms with Gasteiger partial charge in [0.05, 0.1) is 29.3 Å². The van der Waals surface area contributed by atoms with Gasteiger partial charge in [-0.1, -0.05) is 6.07 Å². The van der Waals surface area contributed by atoms with Crippen molar-refractivity contribution in [3.8, 4) is 0 Å². The number of hydrogen-bond acceptors (Lipinski definition) is 6. The maximum atomic E-state index is 10.8. The lowest BCUT2D eigenvalue weighted by molar-refractivity contribution is -0.384. The average Bonchev–Trinajstić information content (AvgIpc) is 2.37. The Hall–Kier alpha value is -2.70. The second-order valence-electron chi connectivity index (χ2n) is 4.49. The topological polar surface area (TPSA) is 98.2 Å². The van der Waals surface area contributed by atoms with Crippen LogP contribution in [0, 0.1) is 17.0 Å². The Kier molecular flexibility index (Phi) is 3.79. The van der Waals surface area contributed by atoms with Crippen LogP contribution in [-0.2, 0) is 6.54 Å². The highest BCUT2D eigenvalue weighted by Crippen LogP contribution is 2.21. The van der Waals surface area contributed by atoms with E-state index in [1.54, 1.807) is 11.9 Å². The molecule has 0 aliphatic carbocycles. The first-order valence-corrected chi connectivity index (χ1v) is 6.01. The predicted octanol–water partition coefficient (Wildman–Crippen LogP) is 1.91. The minimum Gasteiger partial charge on any atom is -0.383 e. The molecule has 2 rings (SSSR count). The van der Waals surface area contributed by atoms with Crippen LogP contribution in [0.4, 0.5) is 17.3 Å². The second-order valence-corrected chi connectivity index (χ2v) is 4.49. The molecule has 0 spiro atoms. The average molecular weight is 273 g/mol. The van der Waals surface area contributed by atoms with Crippen molar-refractivity contribution in [3.05, 3.63) is 51.8 Å². The van der Waals surface area contributed by atoms with E-state index in [1.807, 2.05) is 25.1 Å². The quantitative estimate of drug-likeness (QED) is 0.675. The molecular weight excluding hydrogens is 258 g/mol. The molecule has 2 aromatic heterocycles. The smallest absolute Gasteiger partial charge is 0.276 e. The molecule has 0 aromatic carbocycles. The van der Waals surface area contributed by atoms with E-state index in [1.165, 1.54) is 12.1 Å². The van der Waals surface area contributed by atoms with Gasteiger partial charge >= 0.3 is 0 Å². The van der Waals surface area contributed by atoms with Gasteiger partial charge in [-0.3, -0.25) is 15.1 Å². The van der Waals surface area contributed by atoms with Gasteiger partial charge in [-0.15, -0.1) is 0 Å². The molecule has 2 aromatic rings. The molecule has 0 unspecified atom stereocenters. The van der Waals surface area contributed by atoms with Crippen molar-refractivity contribution in [2.75, 3.05) is 17.7 Å². The van der Waals surface area contributed by atoms with Gasteiger partial charge in [0.15, 0.2) is 0 Å². The molecule has 0 radical (unpaired) electrons. The summed E-state index contributed by atoms with van der Waals surface area (Å²) < 4.78 is 0. The van der Waals surface area contributed by atoms with Gasteiger partial charge in [0.2, 0.25) is 0 Å². The zero-order chi connectivity index (χ0) is 14.7.